The maximum absolute atomic E-state index is 5.71. The molecule has 2 unspecified atom stereocenters. The zero-order valence-electron chi connectivity index (χ0n) is 9.46. The standard InChI is InChI=1S/C10H17N5O/c1-7(11)10-12-9(13-16-10)8-6-14-2-4-15(8)5-3-14/h7-8H,2-6,11H2,1H3. The molecule has 0 radical (unpaired) electrons. The molecular weight excluding hydrogens is 206 g/mol. The Bertz CT molecular complexity index is 369. The molecule has 6 nitrogen and oxygen atoms in total. The van der Waals surface area contributed by atoms with Gasteiger partial charge in [-0.15, -0.1) is 0 Å². The van der Waals surface area contributed by atoms with Crippen LogP contribution in [0.4, 0.5) is 0 Å². The van der Waals surface area contributed by atoms with Crippen molar-refractivity contribution < 1.29 is 4.52 Å². The molecule has 1 aromatic rings. The first-order valence-electron chi connectivity index (χ1n) is 5.79. The van der Waals surface area contributed by atoms with E-state index in [2.05, 4.69) is 19.9 Å². The number of rotatable bonds is 2. The zero-order valence-corrected chi connectivity index (χ0v) is 9.46. The van der Waals surface area contributed by atoms with Crippen molar-refractivity contribution in [2.24, 2.45) is 5.73 Å². The van der Waals surface area contributed by atoms with E-state index in [9.17, 15) is 0 Å². The summed E-state index contributed by atoms with van der Waals surface area (Å²) in [5, 5.41) is 4.05. The van der Waals surface area contributed by atoms with Gasteiger partial charge in [-0.3, -0.25) is 9.80 Å². The van der Waals surface area contributed by atoms with Crippen LogP contribution < -0.4 is 5.73 Å². The summed E-state index contributed by atoms with van der Waals surface area (Å²) < 4.78 is 5.16. The van der Waals surface area contributed by atoms with Crippen LogP contribution in [-0.2, 0) is 0 Å². The van der Waals surface area contributed by atoms with Gasteiger partial charge >= 0.3 is 0 Å². The molecule has 2 bridgehead atoms. The lowest BCUT2D eigenvalue weighted by Gasteiger charge is -2.46. The van der Waals surface area contributed by atoms with Gasteiger partial charge in [0.15, 0.2) is 5.82 Å². The molecule has 3 saturated heterocycles. The van der Waals surface area contributed by atoms with Crippen molar-refractivity contribution >= 4 is 0 Å². The SMILES string of the molecule is CC(N)c1nc(C2CN3CCN2CC3)no1. The Morgan fingerprint density at radius 1 is 1.38 bits per heavy atom. The highest BCUT2D eigenvalue weighted by atomic mass is 16.5. The smallest absolute Gasteiger partial charge is 0.243 e. The molecule has 0 amide bonds. The fourth-order valence-electron chi connectivity index (χ4n) is 2.43. The third-order valence-corrected chi connectivity index (χ3v) is 3.42. The molecule has 0 saturated carbocycles. The largest absolute Gasteiger partial charge is 0.338 e. The maximum atomic E-state index is 5.71. The van der Waals surface area contributed by atoms with Crippen LogP contribution in [-0.4, -0.2) is 52.7 Å². The van der Waals surface area contributed by atoms with Crippen molar-refractivity contribution in [2.75, 3.05) is 32.7 Å². The lowest BCUT2D eigenvalue weighted by molar-refractivity contribution is 0.00781. The highest BCUT2D eigenvalue weighted by Gasteiger charge is 2.35. The molecule has 0 aliphatic carbocycles. The van der Waals surface area contributed by atoms with E-state index in [-0.39, 0.29) is 6.04 Å². The first-order chi connectivity index (χ1) is 7.74. The van der Waals surface area contributed by atoms with Gasteiger partial charge in [-0.25, -0.2) is 0 Å². The van der Waals surface area contributed by atoms with Crippen LogP contribution in [0.15, 0.2) is 4.52 Å². The molecule has 4 heterocycles. The first kappa shape index (κ1) is 10.2. The van der Waals surface area contributed by atoms with Gasteiger partial charge in [0.1, 0.15) is 0 Å². The Balaban J connectivity index is 1.81. The molecule has 3 aliphatic heterocycles. The Labute approximate surface area is 94.4 Å². The highest BCUT2D eigenvalue weighted by Crippen LogP contribution is 2.27. The lowest BCUT2D eigenvalue weighted by Crippen LogP contribution is -2.57. The minimum atomic E-state index is -0.183. The Morgan fingerprint density at radius 3 is 2.62 bits per heavy atom. The molecule has 16 heavy (non-hydrogen) atoms. The second-order valence-corrected chi connectivity index (χ2v) is 4.63. The first-order valence-corrected chi connectivity index (χ1v) is 5.79. The van der Waals surface area contributed by atoms with E-state index in [1.807, 2.05) is 6.92 Å². The number of nitrogens with two attached hydrogens (primary N) is 1. The second kappa shape index (κ2) is 3.80. The number of piperazine rings is 3. The number of nitrogens with zero attached hydrogens (tertiary/aromatic N) is 4. The van der Waals surface area contributed by atoms with E-state index in [0.717, 1.165) is 38.5 Å². The van der Waals surface area contributed by atoms with Gasteiger partial charge in [0, 0.05) is 32.7 Å². The highest BCUT2D eigenvalue weighted by molar-refractivity contribution is 5.02. The van der Waals surface area contributed by atoms with Gasteiger partial charge in [0.25, 0.3) is 0 Å². The van der Waals surface area contributed by atoms with Crippen molar-refractivity contribution in [2.45, 2.75) is 19.0 Å². The molecule has 2 N–H and O–H groups in total. The topological polar surface area (TPSA) is 71.4 Å². The molecule has 4 rings (SSSR count). The summed E-state index contributed by atoms with van der Waals surface area (Å²) in [5.74, 6) is 1.32. The number of hydrogen-bond acceptors (Lipinski definition) is 6. The van der Waals surface area contributed by atoms with Crippen LogP contribution in [0.5, 0.6) is 0 Å². The summed E-state index contributed by atoms with van der Waals surface area (Å²) in [6, 6.07) is 0.107. The zero-order chi connectivity index (χ0) is 11.1. The van der Waals surface area contributed by atoms with Gasteiger partial charge in [0.2, 0.25) is 5.89 Å². The third-order valence-electron chi connectivity index (χ3n) is 3.42. The van der Waals surface area contributed by atoms with E-state index in [0.29, 0.717) is 11.9 Å². The minimum Gasteiger partial charge on any atom is -0.338 e. The number of hydrogen-bond donors (Lipinski definition) is 1. The summed E-state index contributed by atoms with van der Waals surface area (Å²) in [7, 11) is 0. The van der Waals surface area contributed by atoms with E-state index in [1.54, 1.807) is 0 Å². The number of fused-ring (bicyclic) bond motifs is 3. The maximum Gasteiger partial charge on any atom is 0.243 e. The molecule has 2 atom stereocenters. The van der Waals surface area contributed by atoms with E-state index in [1.165, 1.54) is 0 Å². The summed E-state index contributed by atoms with van der Waals surface area (Å²) in [6.45, 7) is 7.40. The average Bonchev–Trinajstić information content (AvgIpc) is 2.80. The average molecular weight is 223 g/mol. The predicted molar refractivity (Wildman–Crippen MR) is 57.7 cm³/mol. The van der Waals surface area contributed by atoms with Gasteiger partial charge < -0.3 is 10.3 Å². The van der Waals surface area contributed by atoms with Crippen molar-refractivity contribution in [3.8, 4) is 0 Å². The quantitative estimate of drug-likeness (QED) is 0.746. The molecule has 0 spiro atoms. The van der Waals surface area contributed by atoms with Crippen molar-refractivity contribution in [1.82, 2.24) is 19.9 Å². The van der Waals surface area contributed by atoms with Crippen molar-refractivity contribution in [3.63, 3.8) is 0 Å². The van der Waals surface area contributed by atoms with Gasteiger partial charge in [-0.05, 0) is 6.92 Å². The molecule has 0 aromatic carbocycles. The Hall–Kier alpha value is -0.980. The Morgan fingerprint density at radius 2 is 2.12 bits per heavy atom. The minimum absolute atomic E-state index is 0.183. The molecule has 88 valence electrons. The molecule has 3 fully saturated rings. The van der Waals surface area contributed by atoms with Crippen molar-refractivity contribution in [1.29, 1.82) is 0 Å². The summed E-state index contributed by atoms with van der Waals surface area (Å²) in [6.07, 6.45) is 0. The third kappa shape index (κ3) is 1.63. The van der Waals surface area contributed by atoms with Gasteiger partial charge in [-0.1, -0.05) is 5.16 Å². The molecule has 6 heteroatoms. The van der Waals surface area contributed by atoms with E-state index >= 15 is 0 Å². The monoisotopic (exact) mass is 223 g/mol. The number of aromatic nitrogens is 2. The van der Waals surface area contributed by atoms with Crippen LogP contribution in [0.2, 0.25) is 0 Å². The fourth-order valence-corrected chi connectivity index (χ4v) is 2.43. The molecular formula is C10H17N5O. The fraction of sp³-hybridized carbons (Fsp3) is 0.800. The van der Waals surface area contributed by atoms with Crippen LogP contribution >= 0.6 is 0 Å². The van der Waals surface area contributed by atoms with E-state index < -0.39 is 0 Å². The molecule has 1 aromatic heterocycles. The predicted octanol–water partition coefficient (Wildman–Crippen LogP) is -0.238. The second-order valence-electron chi connectivity index (χ2n) is 4.63. The van der Waals surface area contributed by atoms with Gasteiger partial charge in [0.05, 0.1) is 12.1 Å². The lowest BCUT2D eigenvalue weighted by atomic mass is 10.1. The normalized spacial score (nSPS) is 35.2. The summed E-state index contributed by atoms with van der Waals surface area (Å²) in [5.41, 5.74) is 5.71. The van der Waals surface area contributed by atoms with Crippen LogP contribution in [0, 0.1) is 0 Å². The van der Waals surface area contributed by atoms with Gasteiger partial charge in [-0.2, -0.15) is 4.98 Å². The summed E-state index contributed by atoms with van der Waals surface area (Å²) >= 11 is 0. The van der Waals surface area contributed by atoms with Crippen LogP contribution in [0.3, 0.4) is 0 Å². The van der Waals surface area contributed by atoms with Crippen molar-refractivity contribution in [3.05, 3.63) is 11.7 Å². The van der Waals surface area contributed by atoms with Crippen LogP contribution in [0.1, 0.15) is 30.7 Å². The van der Waals surface area contributed by atoms with E-state index in [4.69, 9.17) is 10.3 Å². The molecule has 3 aliphatic rings. The summed E-state index contributed by atoms with van der Waals surface area (Å²) in [4.78, 5) is 9.26. The Kier molecular flexibility index (Phi) is 2.42. The van der Waals surface area contributed by atoms with Crippen LogP contribution in [0.25, 0.3) is 0 Å².